The minimum absolute atomic E-state index is 0.0823. The van der Waals surface area contributed by atoms with Crippen molar-refractivity contribution in [3.63, 3.8) is 0 Å². The van der Waals surface area contributed by atoms with Gasteiger partial charge in [-0.15, -0.1) is 6.42 Å². The van der Waals surface area contributed by atoms with Crippen LogP contribution in [0.15, 0.2) is 16.8 Å². The minimum atomic E-state index is -1.10. The van der Waals surface area contributed by atoms with Crippen LogP contribution >= 0.6 is 11.8 Å². The van der Waals surface area contributed by atoms with E-state index in [1.807, 2.05) is 6.26 Å². The van der Waals surface area contributed by atoms with Gasteiger partial charge < -0.3 is 25.7 Å². The molecular weight excluding hydrogens is 566 g/mol. The largest absolute Gasteiger partial charge is 0.480 e. The number of carbonyl (C=O) groups excluding carboxylic acids is 2. The molecule has 0 aliphatic heterocycles. The van der Waals surface area contributed by atoms with Gasteiger partial charge in [0.1, 0.15) is 17.7 Å². The van der Waals surface area contributed by atoms with Crippen molar-refractivity contribution in [3.05, 3.63) is 11.6 Å². The fourth-order valence-electron chi connectivity index (χ4n) is 8.57. The average molecular weight is 616 g/mol. The molecule has 0 saturated heterocycles. The van der Waals surface area contributed by atoms with E-state index in [1.54, 1.807) is 13.8 Å². The smallest absolute Gasteiger partial charge is 0.326 e. The van der Waals surface area contributed by atoms with Gasteiger partial charge in [-0.2, -0.15) is 11.8 Å². The summed E-state index contributed by atoms with van der Waals surface area (Å²) in [7, 11) is 0. The van der Waals surface area contributed by atoms with Gasteiger partial charge in [-0.3, -0.25) is 9.59 Å². The predicted molar refractivity (Wildman–Crippen MR) is 168 cm³/mol. The molecule has 3 saturated carbocycles. The van der Waals surface area contributed by atoms with Gasteiger partial charge in [0.15, 0.2) is 6.61 Å². The van der Waals surface area contributed by atoms with Gasteiger partial charge in [-0.05, 0) is 105 Å². The summed E-state index contributed by atoms with van der Waals surface area (Å²) in [6.07, 6.45) is 17.6. The van der Waals surface area contributed by atoms with E-state index in [4.69, 9.17) is 11.3 Å². The zero-order valence-electron chi connectivity index (χ0n) is 26.3. The maximum absolute atomic E-state index is 12.8. The van der Waals surface area contributed by atoms with Gasteiger partial charge in [-0.1, -0.05) is 44.3 Å². The standard InChI is InChI=1S/C33H49N3O6S/c1-7-33(41)16-12-25-23-9-8-21-18-22(10-14-31(21,4)24(23)11-15-32(25,33)5)36-42-19-27(37)35-28(20(2)3)29(38)34-26(30(39)40)13-17-43-6/h1,18,20,23-26,28,41H,8-17,19H2,2-6H3,(H,34,38)(H,35,37)(H,39,40)/t23-,24+,25+,26-,28+,31+,32+,33-/m1/s1. The number of hydrogen-bond donors (Lipinski definition) is 4. The number of rotatable bonds is 11. The molecule has 0 aromatic rings. The van der Waals surface area contributed by atoms with Crippen LogP contribution in [0.3, 0.4) is 0 Å². The van der Waals surface area contributed by atoms with Gasteiger partial charge in [0.05, 0.1) is 5.71 Å². The van der Waals surface area contributed by atoms with E-state index in [0.717, 1.165) is 50.7 Å². The molecule has 4 aliphatic rings. The highest BCUT2D eigenvalue weighted by atomic mass is 32.2. The van der Waals surface area contributed by atoms with Crippen LogP contribution in [0, 0.1) is 46.8 Å². The third kappa shape index (κ3) is 6.49. The maximum atomic E-state index is 12.8. The van der Waals surface area contributed by atoms with Crippen molar-refractivity contribution in [3.8, 4) is 12.3 Å². The van der Waals surface area contributed by atoms with Crippen molar-refractivity contribution < 1.29 is 29.4 Å². The van der Waals surface area contributed by atoms with E-state index in [2.05, 4.69) is 41.6 Å². The average Bonchev–Trinajstić information content (AvgIpc) is 3.24. The molecule has 0 spiro atoms. The van der Waals surface area contributed by atoms with E-state index >= 15 is 0 Å². The first-order valence-electron chi connectivity index (χ1n) is 15.7. The zero-order chi connectivity index (χ0) is 31.6. The quantitative estimate of drug-likeness (QED) is 0.202. The number of nitrogens with one attached hydrogen (secondary N) is 2. The van der Waals surface area contributed by atoms with Crippen LogP contribution in [0.4, 0.5) is 0 Å². The number of hydrogen-bond acceptors (Lipinski definition) is 7. The summed E-state index contributed by atoms with van der Waals surface area (Å²) in [6.45, 7) is 7.84. The lowest BCUT2D eigenvalue weighted by atomic mass is 9.46. The number of carbonyl (C=O) groups is 3. The van der Waals surface area contributed by atoms with Crippen molar-refractivity contribution in [1.82, 2.24) is 10.6 Å². The molecular formula is C33H49N3O6S. The molecule has 4 N–H and O–H groups in total. The van der Waals surface area contributed by atoms with Gasteiger partial charge >= 0.3 is 5.97 Å². The van der Waals surface area contributed by atoms with Crippen LogP contribution in [0.2, 0.25) is 0 Å². The Morgan fingerprint density at radius 3 is 2.51 bits per heavy atom. The molecule has 4 aliphatic carbocycles. The SMILES string of the molecule is C#C[C@@]1(O)CC[C@H]2[C@@H]3CCC4=CC(=NOCC(=O)N[C@H](C(=O)N[C@H](CCSC)C(=O)O)C(C)C)CC[C@]4(C)[C@H]3CC[C@@]21C. The van der Waals surface area contributed by atoms with E-state index in [9.17, 15) is 24.6 Å². The Labute approximate surface area is 260 Å². The molecule has 0 aromatic carbocycles. The summed E-state index contributed by atoms with van der Waals surface area (Å²) in [5, 5.41) is 30.2. The molecule has 0 bridgehead atoms. The highest BCUT2D eigenvalue weighted by Gasteiger charge is 2.63. The molecule has 0 heterocycles. The lowest BCUT2D eigenvalue weighted by molar-refractivity contribution is -0.142. The maximum Gasteiger partial charge on any atom is 0.326 e. The molecule has 43 heavy (non-hydrogen) atoms. The van der Waals surface area contributed by atoms with Crippen molar-refractivity contribution in [2.24, 2.45) is 39.7 Å². The predicted octanol–water partition coefficient (Wildman–Crippen LogP) is 4.15. The van der Waals surface area contributed by atoms with E-state index in [0.29, 0.717) is 36.3 Å². The van der Waals surface area contributed by atoms with Crippen molar-refractivity contribution in [2.45, 2.75) is 103 Å². The molecule has 8 atom stereocenters. The number of oxime groups is 1. The summed E-state index contributed by atoms with van der Waals surface area (Å²) >= 11 is 1.50. The number of allylic oxidation sites excluding steroid dienone is 2. The highest BCUT2D eigenvalue weighted by molar-refractivity contribution is 7.98. The lowest BCUT2D eigenvalue weighted by Gasteiger charge is -2.58. The fourth-order valence-corrected chi connectivity index (χ4v) is 9.05. The van der Waals surface area contributed by atoms with Gasteiger partial charge in [0, 0.05) is 5.41 Å². The number of terminal acetylenes is 1. The Kier molecular flexibility index (Phi) is 10.3. The van der Waals surface area contributed by atoms with Crippen LogP contribution in [-0.2, 0) is 19.2 Å². The topological polar surface area (TPSA) is 137 Å². The number of carboxylic acids is 1. The molecule has 3 fully saturated rings. The Hall–Kier alpha value is -2.51. The normalized spacial score (nSPS) is 35.4. The second kappa shape index (κ2) is 13.2. The molecule has 0 unspecified atom stereocenters. The van der Waals surface area contributed by atoms with Crippen LogP contribution in [0.25, 0.3) is 0 Å². The fraction of sp³-hybridized carbons (Fsp3) is 0.758. The van der Waals surface area contributed by atoms with Crippen LogP contribution in [0.1, 0.15) is 85.5 Å². The first kappa shape index (κ1) is 33.4. The number of fused-ring (bicyclic) bond motifs is 5. The summed E-state index contributed by atoms with van der Waals surface area (Å²) in [5.41, 5.74) is 1.09. The molecule has 0 aromatic heterocycles. The highest BCUT2D eigenvalue weighted by Crippen LogP contribution is 2.67. The molecule has 10 heteroatoms. The van der Waals surface area contributed by atoms with Crippen LogP contribution < -0.4 is 10.6 Å². The summed E-state index contributed by atoms with van der Waals surface area (Å²) in [4.78, 5) is 42.5. The number of thioether (sulfide) groups is 1. The number of amides is 2. The molecule has 4 rings (SSSR count). The Bertz CT molecular complexity index is 1200. The number of aliphatic carboxylic acids is 1. The van der Waals surface area contributed by atoms with E-state index in [1.165, 1.54) is 17.3 Å². The second-order valence-electron chi connectivity index (χ2n) is 13.8. The number of nitrogens with zero attached hydrogens (tertiary/aromatic N) is 1. The van der Waals surface area contributed by atoms with Gasteiger partial charge in [-0.25, -0.2) is 4.79 Å². The van der Waals surface area contributed by atoms with E-state index in [-0.39, 0.29) is 23.4 Å². The Balaban J connectivity index is 1.34. The first-order valence-corrected chi connectivity index (χ1v) is 17.1. The molecule has 9 nitrogen and oxygen atoms in total. The Morgan fingerprint density at radius 1 is 1.14 bits per heavy atom. The van der Waals surface area contributed by atoms with Gasteiger partial charge in [0.25, 0.3) is 5.91 Å². The van der Waals surface area contributed by atoms with E-state index < -0.39 is 35.5 Å². The van der Waals surface area contributed by atoms with Gasteiger partial charge in [0.2, 0.25) is 5.91 Å². The summed E-state index contributed by atoms with van der Waals surface area (Å²) in [6, 6.07) is -1.90. The number of aliphatic hydroxyl groups is 1. The van der Waals surface area contributed by atoms with Crippen molar-refractivity contribution >= 4 is 35.3 Å². The molecule has 238 valence electrons. The first-order chi connectivity index (χ1) is 20.3. The van der Waals surface area contributed by atoms with Crippen LogP contribution in [-0.4, -0.2) is 70.0 Å². The minimum Gasteiger partial charge on any atom is -0.480 e. The third-order valence-corrected chi connectivity index (χ3v) is 11.9. The molecule has 2 amide bonds. The Morgan fingerprint density at radius 2 is 1.86 bits per heavy atom. The summed E-state index contributed by atoms with van der Waals surface area (Å²) < 4.78 is 0. The van der Waals surface area contributed by atoms with Crippen molar-refractivity contribution in [1.29, 1.82) is 0 Å². The number of carboxylic acid groups (broad SMARTS) is 1. The lowest BCUT2D eigenvalue weighted by Crippen LogP contribution is -2.54. The zero-order valence-corrected chi connectivity index (χ0v) is 27.1. The third-order valence-electron chi connectivity index (χ3n) is 11.2. The second-order valence-corrected chi connectivity index (χ2v) is 14.8. The van der Waals surface area contributed by atoms with Crippen LogP contribution in [0.5, 0.6) is 0 Å². The monoisotopic (exact) mass is 615 g/mol. The molecule has 0 radical (unpaired) electrons. The van der Waals surface area contributed by atoms with Crippen molar-refractivity contribution in [2.75, 3.05) is 18.6 Å². The summed E-state index contributed by atoms with van der Waals surface area (Å²) in [5.74, 6) is 2.55.